The van der Waals surface area contributed by atoms with Crippen LogP contribution in [0.1, 0.15) is 22.3 Å². The summed E-state index contributed by atoms with van der Waals surface area (Å²) in [6, 6.07) is 18.1. The molecule has 1 aliphatic carbocycles. The van der Waals surface area contributed by atoms with E-state index in [0.29, 0.717) is 5.56 Å². The van der Waals surface area contributed by atoms with Crippen molar-refractivity contribution < 1.29 is 0 Å². The van der Waals surface area contributed by atoms with Gasteiger partial charge >= 0.3 is 0 Å². The van der Waals surface area contributed by atoms with Crippen molar-refractivity contribution in [3.05, 3.63) is 76.9 Å². The van der Waals surface area contributed by atoms with E-state index < -0.39 is 0 Å². The van der Waals surface area contributed by atoms with Gasteiger partial charge in [0.05, 0.1) is 11.6 Å². The molecule has 1 nitrogen and oxygen atoms in total. The summed E-state index contributed by atoms with van der Waals surface area (Å²) in [7, 11) is 0. The normalized spacial score (nSPS) is 14.5. The van der Waals surface area contributed by atoms with Gasteiger partial charge < -0.3 is 0 Å². The van der Waals surface area contributed by atoms with Crippen LogP contribution >= 0.6 is 0 Å². The second-order valence-corrected chi connectivity index (χ2v) is 4.25. The monoisotopic (exact) mass is 229 g/mol. The first-order chi connectivity index (χ1) is 8.86. The summed E-state index contributed by atoms with van der Waals surface area (Å²) in [6.45, 7) is 0. The van der Waals surface area contributed by atoms with Crippen molar-refractivity contribution in [3.63, 3.8) is 0 Å². The maximum absolute atomic E-state index is 8.77. The molecule has 0 aromatic heterocycles. The molecule has 18 heavy (non-hydrogen) atoms. The summed E-state index contributed by atoms with van der Waals surface area (Å²) >= 11 is 0. The smallest absolute Gasteiger partial charge is 0.0991 e. The zero-order chi connectivity index (χ0) is 12.4. The van der Waals surface area contributed by atoms with E-state index in [1.807, 2.05) is 30.3 Å². The average molecular weight is 229 g/mol. The molecule has 0 spiro atoms. The molecule has 0 aliphatic heterocycles. The number of hydrogen-bond acceptors (Lipinski definition) is 1. The second-order valence-electron chi connectivity index (χ2n) is 4.25. The fourth-order valence-electron chi connectivity index (χ4n) is 2.13. The van der Waals surface area contributed by atoms with E-state index >= 15 is 0 Å². The van der Waals surface area contributed by atoms with Crippen LogP contribution in [0.3, 0.4) is 0 Å². The number of nitriles is 1. The van der Waals surface area contributed by atoms with Gasteiger partial charge in [0.15, 0.2) is 0 Å². The minimum absolute atomic E-state index is 0.694. The Balaban J connectivity index is 1.99. The molecule has 0 saturated carbocycles. The van der Waals surface area contributed by atoms with Gasteiger partial charge in [-0.15, -0.1) is 0 Å². The highest BCUT2D eigenvalue weighted by Gasteiger charge is 2.08. The van der Waals surface area contributed by atoms with Gasteiger partial charge in [-0.3, -0.25) is 0 Å². The van der Waals surface area contributed by atoms with Crippen LogP contribution in [0.2, 0.25) is 0 Å². The lowest BCUT2D eigenvalue weighted by atomic mass is 10.0. The SMILES string of the molecule is N#Cc1ccc(C=C2C=Cc3ccccc32)cc1. The van der Waals surface area contributed by atoms with Gasteiger partial charge in [0, 0.05) is 0 Å². The third-order valence-electron chi connectivity index (χ3n) is 3.08. The molecule has 3 rings (SSSR count). The highest BCUT2D eigenvalue weighted by atomic mass is 14.2. The molecule has 0 heterocycles. The molecular weight excluding hydrogens is 218 g/mol. The lowest BCUT2D eigenvalue weighted by molar-refractivity contribution is 1.48. The Morgan fingerprint density at radius 2 is 1.67 bits per heavy atom. The summed E-state index contributed by atoms with van der Waals surface area (Å²) in [5, 5.41) is 8.77. The number of benzene rings is 2. The van der Waals surface area contributed by atoms with Crippen molar-refractivity contribution in [2.24, 2.45) is 0 Å². The first-order valence-corrected chi connectivity index (χ1v) is 5.86. The number of allylic oxidation sites excluding steroid dienone is 2. The number of nitrogens with zero attached hydrogens (tertiary/aromatic N) is 1. The summed E-state index contributed by atoms with van der Waals surface area (Å²) in [6.07, 6.45) is 6.40. The van der Waals surface area contributed by atoms with Gasteiger partial charge in [0.25, 0.3) is 0 Å². The van der Waals surface area contributed by atoms with Crippen LogP contribution in [-0.4, -0.2) is 0 Å². The third-order valence-corrected chi connectivity index (χ3v) is 3.08. The van der Waals surface area contributed by atoms with Crippen molar-refractivity contribution in [1.82, 2.24) is 0 Å². The van der Waals surface area contributed by atoms with E-state index in [1.54, 1.807) is 0 Å². The van der Waals surface area contributed by atoms with Crippen molar-refractivity contribution in [1.29, 1.82) is 5.26 Å². The van der Waals surface area contributed by atoms with Gasteiger partial charge in [-0.05, 0) is 40.5 Å². The van der Waals surface area contributed by atoms with Gasteiger partial charge in [-0.1, -0.05) is 48.6 Å². The molecule has 1 heteroatoms. The van der Waals surface area contributed by atoms with Gasteiger partial charge in [-0.25, -0.2) is 0 Å². The maximum atomic E-state index is 8.77. The second kappa shape index (κ2) is 4.35. The highest BCUT2D eigenvalue weighted by Crippen LogP contribution is 2.30. The largest absolute Gasteiger partial charge is 0.192 e. The summed E-state index contributed by atoms with van der Waals surface area (Å²) in [5.41, 5.74) is 5.56. The molecule has 0 amide bonds. The Morgan fingerprint density at radius 1 is 0.889 bits per heavy atom. The van der Waals surface area contributed by atoms with E-state index in [2.05, 4.69) is 42.5 Å². The van der Waals surface area contributed by atoms with E-state index in [-0.39, 0.29) is 0 Å². The van der Waals surface area contributed by atoms with Crippen LogP contribution in [-0.2, 0) is 0 Å². The first kappa shape index (κ1) is 10.6. The van der Waals surface area contributed by atoms with Crippen molar-refractivity contribution in [2.45, 2.75) is 0 Å². The average Bonchev–Trinajstić information content (AvgIpc) is 2.83. The van der Waals surface area contributed by atoms with Crippen LogP contribution < -0.4 is 0 Å². The fourth-order valence-corrected chi connectivity index (χ4v) is 2.13. The molecule has 84 valence electrons. The molecule has 0 unspecified atom stereocenters. The number of hydrogen-bond donors (Lipinski definition) is 0. The maximum Gasteiger partial charge on any atom is 0.0991 e. The Bertz CT molecular complexity index is 682. The quantitative estimate of drug-likeness (QED) is 0.721. The molecule has 0 N–H and O–H groups in total. The topological polar surface area (TPSA) is 23.8 Å². The van der Waals surface area contributed by atoms with Crippen molar-refractivity contribution in [2.75, 3.05) is 0 Å². The lowest BCUT2D eigenvalue weighted by Crippen LogP contribution is -1.81. The molecule has 2 aromatic carbocycles. The minimum Gasteiger partial charge on any atom is -0.192 e. The Morgan fingerprint density at radius 3 is 2.44 bits per heavy atom. The molecule has 1 aliphatic rings. The molecule has 0 atom stereocenters. The molecule has 2 aromatic rings. The zero-order valence-electron chi connectivity index (χ0n) is 9.80. The molecule has 0 radical (unpaired) electrons. The molecule has 0 fully saturated rings. The molecular formula is C17H11N. The van der Waals surface area contributed by atoms with Gasteiger partial charge in [0.1, 0.15) is 0 Å². The summed E-state index contributed by atoms with van der Waals surface area (Å²) in [4.78, 5) is 0. The standard InChI is InChI=1S/C17H11N/c18-12-14-7-5-13(6-8-14)11-16-10-9-15-3-1-2-4-17(15)16/h1-11H. The van der Waals surface area contributed by atoms with Crippen LogP contribution in [0.4, 0.5) is 0 Å². The predicted octanol–water partition coefficient (Wildman–Crippen LogP) is 4.13. The molecule has 0 bridgehead atoms. The minimum atomic E-state index is 0.694. The Kier molecular flexibility index (Phi) is 2.55. The van der Waals surface area contributed by atoms with E-state index in [0.717, 1.165) is 5.56 Å². The Labute approximate surface area is 106 Å². The number of rotatable bonds is 1. The van der Waals surface area contributed by atoms with E-state index in [1.165, 1.54) is 16.7 Å². The van der Waals surface area contributed by atoms with Crippen LogP contribution in [0.25, 0.3) is 17.7 Å². The van der Waals surface area contributed by atoms with Crippen molar-refractivity contribution >= 4 is 17.7 Å². The predicted molar refractivity (Wildman–Crippen MR) is 74.5 cm³/mol. The van der Waals surface area contributed by atoms with E-state index in [9.17, 15) is 0 Å². The van der Waals surface area contributed by atoms with Crippen LogP contribution in [0.15, 0.2) is 54.6 Å². The van der Waals surface area contributed by atoms with Gasteiger partial charge in [-0.2, -0.15) is 5.26 Å². The summed E-state index contributed by atoms with van der Waals surface area (Å²) in [5.74, 6) is 0. The van der Waals surface area contributed by atoms with Crippen LogP contribution in [0.5, 0.6) is 0 Å². The zero-order valence-corrected chi connectivity index (χ0v) is 9.80. The van der Waals surface area contributed by atoms with Crippen LogP contribution in [0, 0.1) is 11.3 Å². The first-order valence-electron chi connectivity index (χ1n) is 5.86. The fraction of sp³-hybridized carbons (Fsp3) is 0. The number of fused-ring (bicyclic) bond motifs is 1. The van der Waals surface area contributed by atoms with E-state index in [4.69, 9.17) is 5.26 Å². The highest BCUT2D eigenvalue weighted by molar-refractivity contribution is 5.97. The summed E-state index contributed by atoms with van der Waals surface area (Å²) < 4.78 is 0. The third kappa shape index (κ3) is 1.85. The Hall–Kier alpha value is -2.59. The van der Waals surface area contributed by atoms with Crippen molar-refractivity contribution in [3.8, 4) is 6.07 Å². The lowest BCUT2D eigenvalue weighted by Gasteiger charge is -2.01. The van der Waals surface area contributed by atoms with Gasteiger partial charge in [0.2, 0.25) is 0 Å². The molecule has 0 saturated heterocycles.